The van der Waals surface area contributed by atoms with Crippen LogP contribution in [0, 0.1) is 5.41 Å². The molecule has 0 spiro atoms. The fourth-order valence-corrected chi connectivity index (χ4v) is 1.56. The fraction of sp³-hybridized carbons (Fsp3) is 0.900. The highest BCUT2D eigenvalue weighted by Gasteiger charge is 2.28. The Morgan fingerprint density at radius 2 is 2.00 bits per heavy atom. The Hall–Kier alpha value is -0.0500. The second-order valence-electron chi connectivity index (χ2n) is 4.20. The quantitative estimate of drug-likeness (QED) is 0.702. The Morgan fingerprint density at radius 3 is 2.31 bits per heavy atom. The van der Waals surface area contributed by atoms with Crippen LogP contribution in [0.3, 0.4) is 0 Å². The summed E-state index contributed by atoms with van der Waals surface area (Å²) in [5.41, 5.74) is -0.226. The van der Waals surface area contributed by atoms with Crippen LogP contribution in [0.2, 0.25) is 0 Å². The Kier molecular flexibility index (Phi) is 4.97. The average molecular weight is 250 g/mol. The molecule has 1 amide bonds. The van der Waals surface area contributed by atoms with Crippen LogP contribution in [-0.2, 0) is 4.79 Å². The van der Waals surface area contributed by atoms with E-state index in [1.165, 1.54) is 0 Å². The lowest BCUT2D eigenvalue weighted by molar-refractivity contribution is -0.139. The highest BCUT2D eigenvalue weighted by Crippen LogP contribution is 2.22. The molecular weight excluding hydrogens is 230 g/mol. The maximum Gasteiger partial charge on any atom is 0.227 e. The third-order valence-electron chi connectivity index (χ3n) is 2.33. The van der Waals surface area contributed by atoms with E-state index in [1.54, 1.807) is 4.90 Å². The first-order valence-electron chi connectivity index (χ1n) is 4.71. The third kappa shape index (κ3) is 4.12. The van der Waals surface area contributed by atoms with Crippen molar-refractivity contribution in [1.29, 1.82) is 0 Å². The van der Waals surface area contributed by atoms with Crippen molar-refractivity contribution >= 4 is 21.8 Å². The van der Waals surface area contributed by atoms with Crippen LogP contribution in [0.1, 0.15) is 34.1 Å². The lowest BCUT2D eigenvalue weighted by Gasteiger charge is -2.29. The van der Waals surface area contributed by atoms with Crippen LogP contribution in [0.5, 0.6) is 0 Å². The number of rotatable bonds is 4. The Bertz CT molecular complexity index is 178. The van der Waals surface area contributed by atoms with Gasteiger partial charge in [0.15, 0.2) is 0 Å². The molecule has 1 atom stereocenters. The molecule has 0 aliphatic carbocycles. The number of amides is 1. The largest absolute Gasteiger partial charge is 0.344 e. The summed E-state index contributed by atoms with van der Waals surface area (Å²) >= 11 is 3.44. The minimum Gasteiger partial charge on any atom is -0.344 e. The SMILES string of the molecule is CCC(C)(C)C(=O)N(C)CC(C)Br. The average Bonchev–Trinajstić information content (AvgIpc) is 2.01. The van der Waals surface area contributed by atoms with Gasteiger partial charge in [0.2, 0.25) is 5.91 Å². The molecule has 13 heavy (non-hydrogen) atoms. The topological polar surface area (TPSA) is 20.3 Å². The number of nitrogens with zero attached hydrogens (tertiary/aromatic N) is 1. The van der Waals surface area contributed by atoms with Gasteiger partial charge in [0, 0.05) is 23.8 Å². The van der Waals surface area contributed by atoms with Gasteiger partial charge in [-0.05, 0) is 6.42 Å². The Labute approximate surface area is 89.8 Å². The molecular formula is C10H20BrNO. The highest BCUT2D eigenvalue weighted by atomic mass is 79.9. The molecule has 0 saturated carbocycles. The van der Waals surface area contributed by atoms with Gasteiger partial charge in [-0.2, -0.15) is 0 Å². The number of hydrogen-bond donors (Lipinski definition) is 0. The Balaban J connectivity index is 4.25. The molecule has 2 nitrogen and oxygen atoms in total. The van der Waals surface area contributed by atoms with Crippen molar-refractivity contribution in [1.82, 2.24) is 4.90 Å². The summed E-state index contributed by atoms with van der Waals surface area (Å²) in [7, 11) is 1.86. The van der Waals surface area contributed by atoms with E-state index in [9.17, 15) is 4.79 Å². The van der Waals surface area contributed by atoms with Crippen molar-refractivity contribution in [2.45, 2.75) is 38.9 Å². The van der Waals surface area contributed by atoms with Crippen LogP contribution in [-0.4, -0.2) is 29.2 Å². The number of carbonyl (C=O) groups is 1. The van der Waals surface area contributed by atoms with Gasteiger partial charge in [0.1, 0.15) is 0 Å². The van der Waals surface area contributed by atoms with Crippen LogP contribution in [0.15, 0.2) is 0 Å². The van der Waals surface area contributed by atoms with Gasteiger partial charge in [-0.15, -0.1) is 0 Å². The molecule has 0 aliphatic heterocycles. The third-order valence-corrected chi connectivity index (χ3v) is 2.62. The molecule has 0 aromatic heterocycles. The number of halogens is 1. The van der Waals surface area contributed by atoms with Gasteiger partial charge in [0.25, 0.3) is 0 Å². The summed E-state index contributed by atoms with van der Waals surface area (Å²) in [6.45, 7) is 8.84. The predicted octanol–water partition coefficient (Wildman–Crippen LogP) is 2.66. The standard InChI is InChI=1S/C10H20BrNO/c1-6-10(3,4)9(13)12(5)7-8(2)11/h8H,6-7H2,1-5H3. The van der Waals surface area contributed by atoms with Crippen molar-refractivity contribution in [3.8, 4) is 0 Å². The van der Waals surface area contributed by atoms with E-state index in [1.807, 2.05) is 34.7 Å². The second-order valence-corrected chi connectivity index (χ2v) is 5.77. The van der Waals surface area contributed by atoms with Crippen LogP contribution >= 0.6 is 15.9 Å². The minimum atomic E-state index is -0.226. The summed E-state index contributed by atoms with van der Waals surface area (Å²) < 4.78 is 0. The maximum absolute atomic E-state index is 11.8. The molecule has 1 unspecified atom stereocenters. The Morgan fingerprint density at radius 1 is 1.54 bits per heavy atom. The van der Waals surface area contributed by atoms with Gasteiger partial charge in [0.05, 0.1) is 0 Å². The molecule has 0 aromatic carbocycles. The monoisotopic (exact) mass is 249 g/mol. The smallest absolute Gasteiger partial charge is 0.227 e. The minimum absolute atomic E-state index is 0.223. The van der Waals surface area contributed by atoms with E-state index in [0.29, 0.717) is 4.83 Å². The lowest BCUT2D eigenvalue weighted by Crippen LogP contribution is -2.40. The summed E-state index contributed by atoms with van der Waals surface area (Å²) in [5, 5.41) is 0. The number of alkyl halides is 1. The molecule has 78 valence electrons. The van der Waals surface area contributed by atoms with Gasteiger partial charge >= 0.3 is 0 Å². The lowest BCUT2D eigenvalue weighted by atomic mass is 9.88. The second kappa shape index (κ2) is 4.99. The molecule has 0 radical (unpaired) electrons. The van der Waals surface area contributed by atoms with E-state index < -0.39 is 0 Å². The first-order chi connectivity index (χ1) is 5.81. The molecule has 0 bridgehead atoms. The summed E-state index contributed by atoms with van der Waals surface area (Å²) in [4.78, 5) is 14.0. The van der Waals surface area contributed by atoms with E-state index in [-0.39, 0.29) is 11.3 Å². The fourth-order valence-electron chi connectivity index (χ4n) is 1.13. The molecule has 0 aliphatic rings. The zero-order chi connectivity index (χ0) is 10.6. The number of hydrogen-bond acceptors (Lipinski definition) is 1. The summed E-state index contributed by atoms with van der Waals surface area (Å²) in [6.07, 6.45) is 0.882. The molecule has 0 heterocycles. The van der Waals surface area contributed by atoms with Crippen molar-refractivity contribution in [3.63, 3.8) is 0 Å². The molecule has 0 fully saturated rings. The normalized spacial score (nSPS) is 14.0. The van der Waals surface area contributed by atoms with E-state index in [2.05, 4.69) is 15.9 Å². The van der Waals surface area contributed by atoms with Crippen LogP contribution < -0.4 is 0 Å². The first-order valence-corrected chi connectivity index (χ1v) is 5.62. The zero-order valence-electron chi connectivity index (χ0n) is 9.22. The van der Waals surface area contributed by atoms with E-state index in [0.717, 1.165) is 13.0 Å². The van der Waals surface area contributed by atoms with Crippen LogP contribution in [0.4, 0.5) is 0 Å². The predicted molar refractivity (Wildman–Crippen MR) is 60.1 cm³/mol. The van der Waals surface area contributed by atoms with Crippen molar-refractivity contribution < 1.29 is 4.79 Å². The van der Waals surface area contributed by atoms with Crippen molar-refractivity contribution in [3.05, 3.63) is 0 Å². The summed E-state index contributed by atoms with van der Waals surface area (Å²) in [5.74, 6) is 0.223. The van der Waals surface area contributed by atoms with E-state index >= 15 is 0 Å². The van der Waals surface area contributed by atoms with Gasteiger partial charge < -0.3 is 4.90 Å². The molecule has 0 rings (SSSR count). The molecule has 0 saturated heterocycles. The summed E-state index contributed by atoms with van der Waals surface area (Å²) in [6, 6.07) is 0. The van der Waals surface area contributed by atoms with Crippen LogP contribution in [0.25, 0.3) is 0 Å². The molecule has 0 N–H and O–H groups in total. The number of carbonyl (C=O) groups excluding carboxylic acids is 1. The van der Waals surface area contributed by atoms with Crippen molar-refractivity contribution in [2.75, 3.05) is 13.6 Å². The van der Waals surface area contributed by atoms with Gasteiger partial charge in [-0.25, -0.2) is 0 Å². The van der Waals surface area contributed by atoms with E-state index in [4.69, 9.17) is 0 Å². The maximum atomic E-state index is 11.8. The highest BCUT2D eigenvalue weighted by molar-refractivity contribution is 9.09. The van der Waals surface area contributed by atoms with Crippen molar-refractivity contribution in [2.24, 2.45) is 5.41 Å². The zero-order valence-corrected chi connectivity index (χ0v) is 10.8. The molecule has 3 heteroatoms. The van der Waals surface area contributed by atoms with Gasteiger partial charge in [-0.1, -0.05) is 43.6 Å². The van der Waals surface area contributed by atoms with Gasteiger partial charge in [-0.3, -0.25) is 4.79 Å². The first kappa shape index (κ1) is 12.9. The molecule has 0 aromatic rings.